The molecule has 1 aromatic heterocycles. The maximum atomic E-state index is 14.0. The van der Waals surface area contributed by atoms with Gasteiger partial charge in [0.2, 0.25) is 15.9 Å². The van der Waals surface area contributed by atoms with Crippen LogP contribution >= 0.6 is 11.6 Å². The summed E-state index contributed by atoms with van der Waals surface area (Å²) in [5.74, 6) is -1.13. The second kappa shape index (κ2) is 10.7. The summed E-state index contributed by atoms with van der Waals surface area (Å²) in [7, 11) is -4.58. The number of pyridine rings is 1. The Balaban J connectivity index is 1.54. The minimum absolute atomic E-state index is 0.00467. The molecule has 0 saturated carbocycles. The van der Waals surface area contributed by atoms with Gasteiger partial charge in [0.1, 0.15) is 5.15 Å². The molecule has 8 nitrogen and oxygen atoms in total. The topological polar surface area (TPSA) is 122 Å². The van der Waals surface area contributed by atoms with Gasteiger partial charge in [0.05, 0.1) is 16.0 Å². The number of nitrogens with two attached hydrogens (primary N) is 1. The number of hydrogen-bond donors (Lipinski definition) is 2. The molecule has 1 aliphatic heterocycles. The predicted molar refractivity (Wildman–Crippen MR) is 134 cm³/mol. The standard InChI is InChI=1S/C25H22ClF3N4O4S/c26-22-8-6-16(14-31-22)24(35)33-11-9-17(10-12-33)32-38(36,37)21-7-5-15(13-20(21)25(27,28)29)18-3-1-2-4-19(18)23(30)34/h1-8,13-14,17,32H,9-12H2,(H2,30,34). The minimum Gasteiger partial charge on any atom is -0.366 e. The van der Waals surface area contributed by atoms with Gasteiger partial charge in [-0.05, 0) is 54.3 Å². The lowest BCUT2D eigenvalue weighted by Crippen LogP contribution is -2.46. The van der Waals surface area contributed by atoms with Crippen LogP contribution in [0.5, 0.6) is 0 Å². The molecule has 3 aromatic rings. The highest BCUT2D eigenvalue weighted by Gasteiger charge is 2.38. The number of halogens is 4. The second-order valence-corrected chi connectivity index (χ2v) is 10.7. The Kier molecular flexibility index (Phi) is 7.77. The average molecular weight is 567 g/mol. The van der Waals surface area contributed by atoms with Crippen molar-refractivity contribution in [1.82, 2.24) is 14.6 Å². The van der Waals surface area contributed by atoms with E-state index in [1.807, 2.05) is 0 Å². The van der Waals surface area contributed by atoms with Crippen molar-refractivity contribution >= 4 is 33.4 Å². The Morgan fingerprint density at radius 2 is 1.74 bits per heavy atom. The van der Waals surface area contributed by atoms with Crippen molar-refractivity contribution in [3.63, 3.8) is 0 Å². The number of carbonyl (C=O) groups excluding carboxylic acids is 2. The Hall–Kier alpha value is -3.48. The summed E-state index contributed by atoms with van der Waals surface area (Å²) < 4.78 is 70.5. The molecule has 2 aromatic carbocycles. The van der Waals surface area contributed by atoms with Crippen LogP contribution in [0.3, 0.4) is 0 Å². The van der Waals surface area contributed by atoms with Crippen molar-refractivity contribution in [1.29, 1.82) is 0 Å². The molecule has 1 fully saturated rings. The average Bonchev–Trinajstić information content (AvgIpc) is 2.88. The molecule has 4 rings (SSSR count). The quantitative estimate of drug-likeness (QED) is 0.435. The number of nitrogens with zero attached hydrogens (tertiary/aromatic N) is 2. The van der Waals surface area contributed by atoms with E-state index >= 15 is 0 Å². The first-order valence-corrected chi connectivity index (χ1v) is 13.3. The maximum absolute atomic E-state index is 14.0. The zero-order chi connectivity index (χ0) is 27.7. The molecule has 0 radical (unpaired) electrons. The van der Waals surface area contributed by atoms with Gasteiger partial charge in [-0.2, -0.15) is 13.2 Å². The zero-order valence-electron chi connectivity index (χ0n) is 19.7. The lowest BCUT2D eigenvalue weighted by molar-refractivity contribution is -0.139. The van der Waals surface area contributed by atoms with Crippen LogP contribution in [-0.2, 0) is 16.2 Å². The fourth-order valence-corrected chi connectivity index (χ4v) is 5.90. The molecule has 38 heavy (non-hydrogen) atoms. The molecule has 2 heterocycles. The van der Waals surface area contributed by atoms with Crippen molar-refractivity contribution in [2.75, 3.05) is 13.1 Å². The third kappa shape index (κ3) is 5.98. The first-order valence-electron chi connectivity index (χ1n) is 11.4. The van der Waals surface area contributed by atoms with Crippen molar-refractivity contribution in [2.24, 2.45) is 5.73 Å². The van der Waals surface area contributed by atoms with Crippen LogP contribution in [-0.4, -0.2) is 49.2 Å². The van der Waals surface area contributed by atoms with E-state index in [4.69, 9.17) is 17.3 Å². The number of aromatic nitrogens is 1. The number of likely N-dealkylation sites (tertiary alicyclic amines) is 1. The predicted octanol–water partition coefficient (Wildman–Crippen LogP) is 4.10. The van der Waals surface area contributed by atoms with Crippen LogP contribution in [0.25, 0.3) is 11.1 Å². The number of piperidine rings is 1. The lowest BCUT2D eigenvalue weighted by Gasteiger charge is -2.32. The van der Waals surface area contributed by atoms with Crippen LogP contribution < -0.4 is 10.5 Å². The second-order valence-electron chi connectivity index (χ2n) is 8.68. The molecule has 0 spiro atoms. The van der Waals surface area contributed by atoms with Gasteiger partial charge in [0, 0.05) is 30.9 Å². The molecule has 1 aliphatic rings. The van der Waals surface area contributed by atoms with E-state index in [9.17, 15) is 31.2 Å². The molecule has 0 bridgehead atoms. The maximum Gasteiger partial charge on any atom is 0.417 e. The van der Waals surface area contributed by atoms with Gasteiger partial charge in [0.25, 0.3) is 5.91 Å². The number of sulfonamides is 1. The summed E-state index contributed by atoms with van der Waals surface area (Å²) in [5.41, 5.74) is 4.44. The molecule has 1 saturated heterocycles. The van der Waals surface area contributed by atoms with E-state index in [1.165, 1.54) is 53.6 Å². The third-order valence-corrected chi connectivity index (χ3v) is 7.96. The van der Waals surface area contributed by atoms with Gasteiger partial charge in [-0.25, -0.2) is 18.1 Å². The van der Waals surface area contributed by atoms with E-state index in [0.717, 1.165) is 6.07 Å². The van der Waals surface area contributed by atoms with Gasteiger partial charge in [-0.3, -0.25) is 9.59 Å². The normalized spacial score (nSPS) is 14.9. The number of rotatable bonds is 6. The van der Waals surface area contributed by atoms with Crippen LogP contribution in [0.15, 0.2) is 65.7 Å². The van der Waals surface area contributed by atoms with Gasteiger partial charge in [-0.1, -0.05) is 35.9 Å². The van der Waals surface area contributed by atoms with E-state index in [2.05, 4.69) is 9.71 Å². The number of nitrogens with one attached hydrogen (secondary N) is 1. The lowest BCUT2D eigenvalue weighted by atomic mass is 9.97. The number of carbonyl (C=O) groups is 2. The highest BCUT2D eigenvalue weighted by atomic mass is 35.5. The highest BCUT2D eigenvalue weighted by molar-refractivity contribution is 7.89. The molecule has 13 heteroatoms. The van der Waals surface area contributed by atoms with Crippen LogP contribution in [0.1, 0.15) is 39.1 Å². The van der Waals surface area contributed by atoms with E-state index in [-0.39, 0.29) is 53.7 Å². The largest absolute Gasteiger partial charge is 0.417 e. The van der Waals surface area contributed by atoms with Crippen molar-refractivity contribution in [2.45, 2.75) is 30.0 Å². The highest BCUT2D eigenvalue weighted by Crippen LogP contribution is 2.38. The molecule has 2 amide bonds. The Morgan fingerprint density at radius 1 is 1.05 bits per heavy atom. The summed E-state index contributed by atoms with van der Waals surface area (Å²) in [4.78, 5) is 28.8. The van der Waals surface area contributed by atoms with Gasteiger partial charge < -0.3 is 10.6 Å². The Bertz CT molecular complexity index is 1470. The molecule has 200 valence electrons. The van der Waals surface area contributed by atoms with Crippen molar-refractivity contribution in [3.8, 4) is 11.1 Å². The number of primary amides is 1. The minimum atomic E-state index is -5.00. The Morgan fingerprint density at radius 3 is 2.34 bits per heavy atom. The van der Waals surface area contributed by atoms with E-state index in [1.54, 1.807) is 0 Å². The number of alkyl halides is 3. The molecule has 0 aliphatic carbocycles. The summed E-state index contributed by atoms with van der Waals surface area (Å²) in [6.45, 7) is 0.396. The van der Waals surface area contributed by atoms with Crippen molar-refractivity contribution < 1.29 is 31.2 Å². The van der Waals surface area contributed by atoms with Crippen LogP contribution in [0.2, 0.25) is 5.15 Å². The smallest absolute Gasteiger partial charge is 0.366 e. The molecular weight excluding hydrogens is 545 g/mol. The van der Waals surface area contributed by atoms with E-state index < -0.39 is 38.6 Å². The van der Waals surface area contributed by atoms with Crippen LogP contribution in [0.4, 0.5) is 13.2 Å². The summed E-state index contributed by atoms with van der Waals surface area (Å²) in [6, 6.07) is 10.9. The fraction of sp³-hybridized carbons (Fsp3) is 0.240. The van der Waals surface area contributed by atoms with Crippen LogP contribution in [0, 0.1) is 0 Å². The van der Waals surface area contributed by atoms with Gasteiger partial charge >= 0.3 is 6.18 Å². The summed E-state index contributed by atoms with van der Waals surface area (Å²) in [6.07, 6.45) is -3.25. The molecule has 0 unspecified atom stereocenters. The number of hydrogen-bond acceptors (Lipinski definition) is 5. The monoisotopic (exact) mass is 566 g/mol. The fourth-order valence-electron chi connectivity index (χ4n) is 4.27. The van der Waals surface area contributed by atoms with Gasteiger partial charge in [0.15, 0.2) is 0 Å². The van der Waals surface area contributed by atoms with Gasteiger partial charge in [-0.15, -0.1) is 0 Å². The first-order chi connectivity index (χ1) is 17.9. The molecule has 0 atom stereocenters. The first kappa shape index (κ1) is 27.6. The van der Waals surface area contributed by atoms with Crippen molar-refractivity contribution in [3.05, 3.63) is 82.6 Å². The zero-order valence-corrected chi connectivity index (χ0v) is 21.3. The number of benzene rings is 2. The summed E-state index contributed by atoms with van der Waals surface area (Å²) in [5, 5.41) is 0.234. The third-order valence-electron chi connectivity index (χ3n) is 6.16. The Labute approximate surface area is 221 Å². The molecule has 3 N–H and O–H groups in total. The summed E-state index contributed by atoms with van der Waals surface area (Å²) >= 11 is 5.74. The SMILES string of the molecule is NC(=O)c1ccccc1-c1ccc(S(=O)(=O)NC2CCN(C(=O)c3ccc(Cl)nc3)CC2)c(C(F)(F)F)c1. The molecular formula is C25H22ClF3N4O4S. The number of amides is 2. The van der Waals surface area contributed by atoms with E-state index in [0.29, 0.717) is 11.6 Å².